The lowest BCUT2D eigenvalue weighted by molar-refractivity contribution is 0.295. The molecule has 2 saturated heterocycles. The summed E-state index contributed by atoms with van der Waals surface area (Å²) >= 11 is 0. The van der Waals surface area contributed by atoms with Crippen molar-refractivity contribution in [2.24, 2.45) is 0 Å². The van der Waals surface area contributed by atoms with Gasteiger partial charge in [-0.25, -0.2) is 14.4 Å². The highest BCUT2D eigenvalue weighted by atomic mass is 32.2. The van der Waals surface area contributed by atoms with Crippen molar-refractivity contribution in [2.45, 2.75) is 19.3 Å². The topological polar surface area (TPSA) is 100 Å². The van der Waals surface area contributed by atoms with Crippen molar-refractivity contribution in [3.8, 4) is 5.69 Å². The highest BCUT2D eigenvalue weighted by Crippen LogP contribution is 2.25. The molecule has 0 atom stereocenters. The van der Waals surface area contributed by atoms with E-state index in [9.17, 15) is 12.8 Å². The molecule has 1 aromatic carbocycles. The Morgan fingerprint density at radius 1 is 0.839 bits per heavy atom. The van der Waals surface area contributed by atoms with Gasteiger partial charge in [-0.3, -0.25) is 0 Å². The molecular formula is C19H23FN8O2S. The van der Waals surface area contributed by atoms with E-state index < -0.39 is 10.2 Å². The molecule has 4 heterocycles. The number of benzene rings is 1. The third-order valence-electron chi connectivity index (χ3n) is 5.80. The molecule has 10 nitrogen and oxygen atoms in total. The molecule has 2 fully saturated rings. The van der Waals surface area contributed by atoms with Gasteiger partial charge in [-0.05, 0) is 37.1 Å². The second kappa shape index (κ2) is 8.09. The Kier molecular flexibility index (Phi) is 5.28. The first-order valence-electron chi connectivity index (χ1n) is 10.4. The molecule has 0 radical (unpaired) electrons. The lowest BCUT2D eigenvalue weighted by Crippen LogP contribution is -2.54. The summed E-state index contributed by atoms with van der Waals surface area (Å²) in [5.41, 5.74) is 1.69. The van der Waals surface area contributed by atoms with Crippen molar-refractivity contribution >= 4 is 27.2 Å². The second-order valence-electron chi connectivity index (χ2n) is 7.70. The Labute approximate surface area is 179 Å². The van der Waals surface area contributed by atoms with Gasteiger partial charge in [-0.2, -0.15) is 21.7 Å². The average molecular weight is 447 g/mol. The Morgan fingerprint density at radius 2 is 1.52 bits per heavy atom. The normalized spacial score (nSPS) is 19.2. The number of nitrogens with zero attached hydrogens (tertiary/aromatic N) is 8. The molecule has 12 heteroatoms. The van der Waals surface area contributed by atoms with Gasteiger partial charge < -0.3 is 4.90 Å². The molecule has 0 N–H and O–H groups in total. The van der Waals surface area contributed by atoms with Crippen LogP contribution in [0.3, 0.4) is 0 Å². The van der Waals surface area contributed by atoms with Crippen molar-refractivity contribution in [2.75, 3.05) is 44.2 Å². The molecule has 31 heavy (non-hydrogen) atoms. The standard InChI is InChI=1S/C19H23FN8O2S/c20-15-4-6-16(7-5-15)28-19-17(23-24-28)18(21-14-22-19)25-10-12-27(13-11-25)31(29,30)26-8-2-1-3-9-26/h4-7,14H,1-3,8-13H2. The molecule has 2 aliphatic rings. The van der Waals surface area contributed by atoms with Crippen LogP contribution in [0.25, 0.3) is 16.9 Å². The summed E-state index contributed by atoms with van der Waals surface area (Å²) in [6.45, 7) is 2.97. The molecule has 0 bridgehead atoms. The van der Waals surface area contributed by atoms with Gasteiger partial charge in [0.25, 0.3) is 10.2 Å². The van der Waals surface area contributed by atoms with Crippen LogP contribution in [0.4, 0.5) is 10.2 Å². The van der Waals surface area contributed by atoms with Crippen LogP contribution in [0.2, 0.25) is 0 Å². The van der Waals surface area contributed by atoms with Crippen LogP contribution in [0.5, 0.6) is 0 Å². The van der Waals surface area contributed by atoms with E-state index in [1.54, 1.807) is 20.7 Å². The van der Waals surface area contributed by atoms with Crippen LogP contribution >= 0.6 is 0 Å². The van der Waals surface area contributed by atoms with Crippen LogP contribution in [-0.2, 0) is 10.2 Å². The minimum Gasteiger partial charge on any atom is -0.352 e. The minimum atomic E-state index is -3.42. The quantitative estimate of drug-likeness (QED) is 0.594. The Hall–Kier alpha value is -2.70. The van der Waals surface area contributed by atoms with Gasteiger partial charge in [-0.15, -0.1) is 5.10 Å². The Bertz CT molecular complexity index is 1170. The maximum Gasteiger partial charge on any atom is 0.282 e. The second-order valence-corrected chi connectivity index (χ2v) is 9.63. The van der Waals surface area contributed by atoms with E-state index in [1.165, 1.54) is 23.1 Å². The number of hydrogen-bond acceptors (Lipinski definition) is 7. The highest BCUT2D eigenvalue weighted by molar-refractivity contribution is 7.86. The van der Waals surface area contributed by atoms with Gasteiger partial charge in [0.05, 0.1) is 5.69 Å². The minimum absolute atomic E-state index is 0.333. The summed E-state index contributed by atoms with van der Waals surface area (Å²) < 4.78 is 43.8. The van der Waals surface area contributed by atoms with Gasteiger partial charge in [0.2, 0.25) is 0 Å². The van der Waals surface area contributed by atoms with E-state index in [4.69, 9.17) is 0 Å². The lowest BCUT2D eigenvalue weighted by Gasteiger charge is -2.38. The van der Waals surface area contributed by atoms with Crippen LogP contribution in [0, 0.1) is 5.82 Å². The van der Waals surface area contributed by atoms with Crippen molar-refractivity contribution in [1.82, 2.24) is 33.6 Å². The molecule has 5 rings (SSSR count). The zero-order valence-electron chi connectivity index (χ0n) is 16.9. The fourth-order valence-electron chi connectivity index (χ4n) is 4.11. The van der Waals surface area contributed by atoms with Gasteiger partial charge in [-0.1, -0.05) is 11.6 Å². The molecule has 0 spiro atoms. The van der Waals surface area contributed by atoms with E-state index in [0.29, 0.717) is 61.9 Å². The number of hydrogen-bond donors (Lipinski definition) is 0. The number of piperazine rings is 1. The van der Waals surface area contributed by atoms with Crippen LogP contribution in [0.1, 0.15) is 19.3 Å². The van der Waals surface area contributed by atoms with Crippen LogP contribution < -0.4 is 4.90 Å². The Balaban J connectivity index is 1.36. The van der Waals surface area contributed by atoms with E-state index in [0.717, 1.165) is 19.3 Å². The number of aromatic nitrogens is 5. The fourth-order valence-corrected chi connectivity index (χ4v) is 5.78. The smallest absolute Gasteiger partial charge is 0.282 e. The molecular weight excluding hydrogens is 423 g/mol. The maximum atomic E-state index is 13.3. The molecule has 0 unspecified atom stereocenters. The molecule has 2 aliphatic heterocycles. The summed E-state index contributed by atoms with van der Waals surface area (Å²) in [6.07, 6.45) is 4.36. The number of piperidine rings is 1. The van der Waals surface area contributed by atoms with Crippen molar-refractivity contribution < 1.29 is 12.8 Å². The van der Waals surface area contributed by atoms with Crippen molar-refractivity contribution in [3.05, 3.63) is 36.4 Å². The van der Waals surface area contributed by atoms with Crippen LogP contribution in [0.15, 0.2) is 30.6 Å². The molecule has 0 aliphatic carbocycles. The summed E-state index contributed by atoms with van der Waals surface area (Å²) in [7, 11) is -3.42. The number of anilines is 1. The first kappa shape index (κ1) is 20.2. The van der Waals surface area contributed by atoms with Gasteiger partial charge >= 0.3 is 0 Å². The largest absolute Gasteiger partial charge is 0.352 e. The monoisotopic (exact) mass is 446 g/mol. The third-order valence-corrected chi connectivity index (χ3v) is 7.83. The van der Waals surface area contributed by atoms with Crippen LogP contribution in [-0.4, -0.2) is 81.3 Å². The predicted octanol–water partition coefficient (Wildman–Crippen LogP) is 1.20. The third kappa shape index (κ3) is 3.75. The lowest BCUT2D eigenvalue weighted by atomic mass is 10.2. The summed E-state index contributed by atoms with van der Waals surface area (Å²) in [4.78, 5) is 10.7. The number of fused-ring (bicyclic) bond motifs is 1. The molecule has 2 aromatic heterocycles. The first-order valence-corrected chi connectivity index (χ1v) is 11.8. The van der Waals surface area contributed by atoms with Gasteiger partial charge in [0.1, 0.15) is 12.1 Å². The fraction of sp³-hybridized carbons (Fsp3) is 0.474. The number of rotatable bonds is 4. The zero-order chi connectivity index (χ0) is 21.4. The van der Waals surface area contributed by atoms with Gasteiger partial charge in [0, 0.05) is 39.3 Å². The zero-order valence-corrected chi connectivity index (χ0v) is 17.7. The number of halogens is 1. The van der Waals surface area contributed by atoms with E-state index in [-0.39, 0.29) is 5.82 Å². The molecule has 0 saturated carbocycles. The summed E-state index contributed by atoms with van der Waals surface area (Å²) in [5.74, 6) is 0.286. The van der Waals surface area contributed by atoms with Crippen molar-refractivity contribution in [1.29, 1.82) is 0 Å². The highest BCUT2D eigenvalue weighted by Gasteiger charge is 2.33. The molecule has 3 aromatic rings. The van der Waals surface area contributed by atoms with Gasteiger partial charge in [0.15, 0.2) is 17.0 Å². The summed E-state index contributed by atoms with van der Waals surface area (Å²) in [5, 5.41) is 8.41. The maximum absolute atomic E-state index is 13.3. The summed E-state index contributed by atoms with van der Waals surface area (Å²) in [6, 6.07) is 5.92. The molecule has 0 amide bonds. The van der Waals surface area contributed by atoms with E-state index >= 15 is 0 Å². The van der Waals surface area contributed by atoms with E-state index in [1.807, 2.05) is 4.90 Å². The van der Waals surface area contributed by atoms with Crippen molar-refractivity contribution in [3.63, 3.8) is 0 Å². The average Bonchev–Trinajstić information content (AvgIpc) is 3.25. The predicted molar refractivity (Wildman–Crippen MR) is 113 cm³/mol. The Morgan fingerprint density at radius 3 is 2.23 bits per heavy atom. The SMILES string of the molecule is O=S(=O)(N1CCCCC1)N1CCN(c2ncnc3c2nnn3-c2ccc(F)cc2)CC1. The van der Waals surface area contributed by atoms with E-state index in [2.05, 4.69) is 20.3 Å². The molecule has 164 valence electrons. The first-order chi connectivity index (χ1) is 15.0.